The van der Waals surface area contributed by atoms with E-state index in [9.17, 15) is 14.4 Å². The molecule has 0 spiro atoms. The number of carbonyl (C=O) groups excluding carboxylic acids is 2. The van der Waals surface area contributed by atoms with Crippen LogP contribution < -0.4 is 16.0 Å². The number of rotatable bonds is 4. The Kier molecular flexibility index (Phi) is 4.79. The number of nitrogens with one attached hydrogen (secondary N) is 3. The van der Waals surface area contributed by atoms with Gasteiger partial charge in [-0.3, -0.25) is 4.79 Å². The minimum absolute atomic E-state index is 0.00536. The van der Waals surface area contributed by atoms with Crippen molar-refractivity contribution in [2.75, 3.05) is 11.9 Å². The molecule has 2 rings (SSSR count). The third-order valence-corrected chi connectivity index (χ3v) is 3.71. The van der Waals surface area contributed by atoms with Crippen LogP contribution in [0.4, 0.5) is 10.5 Å². The van der Waals surface area contributed by atoms with Crippen LogP contribution in [0.5, 0.6) is 0 Å². The van der Waals surface area contributed by atoms with Gasteiger partial charge in [-0.2, -0.15) is 0 Å². The number of carbonyl (C=O) groups is 3. The molecule has 1 saturated heterocycles. The molecule has 1 fully saturated rings. The molecule has 0 aromatic heterocycles. The largest absolute Gasteiger partial charge is 0.478 e. The zero-order chi connectivity index (χ0) is 15.4. The van der Waals surface area contributed by atoms with Gasteiger partial charge >= 0.3 is 12.0 Å². The standard InChI is InChI=1S/C13H14BrN3O4/c14-9-5-7(12(19)20)1-3-10(9)17-13(21)15-6-8-2-4-11(18)16-8/h1,3,5,8H,2,4,6H2,(H,16,18)(H,19,20)(H2,15,17,21). The van der Waals surface area contributed by atoms with E-state index in [-0.39, 0.29) is 17.5 Å². The van der Waals surface area contributed by atoms with E-state index in [0.717, 1.165) is 0 Å². The van der Waals surface area contributed by atoms with E-state index >= 15 is 0 Å². The highest BCUT2D eigenvalue weighted by Crippen LogP contribution is 2.23. The van der Waals surface area contributed by atoms with Crippen molar-refractivity contribution >= 4 is 39.5 Å². The number of carboxylic acids is 1. The maximum absolute atomic E-state index is 11.7. The summed E-state index contributed by atoms with van der Waals surface area (Å²) >= 11 is 3.21. The van der Waals surface area contributed by atoms with E-state index in [2.05, 4.69) is 31.9 Å². The van der Waals surface area contributed by atoms with E-state index in [0.29, 0.717) is 29.5 Å². The van der Waals surface area contributed by atoms with Gasteiger partial charge in [0, 0.05) is 23.5 Å². The molecule has 112 valence electrons. The molecular weight excluding hydrogens is 342 g/mol. The quantitative estimate of drug-likeness (QED) is 0.656. The fraction of sp³-hybridized carbons (Fsp3) is 0.308. The highest BCUT2D eigenvalue weighted by Gasteiger charge is 2.21. The number of benzene rings is 1. The summed E-state index contributed by atoms with van der Waals surface area (Å²) in [5, 5.41) is 16.9. The monoisotopic (exact) mass is 355 g/mol. The maximum Gasteiger partial charge on any atom is 0.335 e. The van der Waals surface area contributed by atoms with Crippen molar-refractivity contribution < 1.29 is 19.5 Å². The van der Waals surface area contributed by atoms with Crippen molar-refractivity contribution in [1.82, 2.24) is 10.6 Å². The second kappa shape index (κ2) is 6.57. The highest BCUT2D eigenvalue weighted by molar-refractivity contribution is 9.10. The summed E-state index contributed by atoms with van der Waals surface area (Å²) in [6.45, 7) is 0.350. The summed E-state index contributed by atoms with van der Waals surface area (Å²) in [5.74, 6) is -1.04. The molecule has 0 bridgehead atoms. The molecule has 0 aliphatic carbocycles. The molecule has 1 aliphatic rings. The molecule has 0 saturated carbocycles. The van der Waals surface area contributed by atoms with Gasteiger partial charge in [-0.05, 0) is 40.5 Å². The van der Waals surface area contributed by atoms with Crippen LogP contribution in [0.15, 0.2) is 22.7 Å². The lowest BCUT2D eigenvalue weighted by Crippen LogP contribution is -2.40. The zero-order valence-electron chi connectivity index (χ0n) is 11.0. The van der Waals surface area contributed by atoms with Crippen LogP contribution in [0.2, 0.25) is 0 Å². The van der Waals surface area contributed by atoms with Crippen molar-refractivity contribution in [3.63, 3.8) is 0 Å². The Bertz CT molecular complexity index is 591. The first kappa shape index (κ1) is 15.3. The molecule has 1 atom stereocenters. The number of hydrogen-bond donors (Lipinski definition) is 4. The van der Waals surface area contributed by atoms with Crippen LogP contribution in [-0.2, 0) is 4.79 Å². The number of carboxylic acid groups (broad SMARTS) is 1. The predicted octanol–water partition coefficient (Wildman–Crippen LogP) is 1.55. The van der Waals surface area contributed by atoms with Crippen LogP contribution in [0, 0.1) is 0 Å². The Hall–Kier alpha value is -2.09. The average molecular weight is 356 g/mol. The third-order valence-electron chi connectivity index (χ3n) is 3.06. The van der Waals surface area contributed by atoms with Gasteiger partial charge in [0.05, 0.1) is 11.3 Å². The zero-order valence-corrected chi connectivity index (χ0v) is 12.6. The van der Waals surface area contributed by atoms with Gasteiger partial charge in [-0.15, -0.1) is 0 Å². The Balaban J connectivity index is 1.87. The minimum atomic E-state index is -1.04. The number of halogens is 1. The third kappa shape index (κ3) is 4.19. The molecule has 0 radical (unpaired) electrons. The summed E-state index contributed by atoms with van der Waals surface area (Å²) in [7, 11) is 0. The van der Waals surface area contributed by atoms with E-state index in [1.54, 1.807) is 0 Å². The second-order valence-corrected chi connectivity index (χ2v) is 5.49. The molecule has 8 heteroatoms. The van der Waals surface area contributed by atoms with Crippen molar-refractivity contribution in [2.45, 2.75) is 18.9 Å². The first-order valence-electron chi connectivity index (χ1n) is 6.33. The lowest BCUT2D eigenvalue weighted by atomic mass is 10.2. The molecule has 7 nitrogen and oxygen atoms in total. The SMILES string of the molecule is O=C1CCC(CNC(=O)Nc2ccc(C(=O)O)cc2Br)N1. The van der Waals surface area contributed by atoms with E-state index in [1.165, 1.54) is 18.2 Å². The van der Waals surface area contributed by atoms with Crippen molar-refractivity contribution in [1.29, 1.82) is 0 Å². The van der Waals surface area contributed by atoms with Crippen molar-refractivity contribution in [3.8, 4) is 0 Å². The summed E-state index contributed by atoms with van der Waals surface area (Å²) in [5.41, 5.74) is 0.592. The topological polar surface area (TPSA) is 108 Å². The molecule has 21 heavy (non-hydrogen) atoms. The Morgan fingerprint density at radius 2 is 2.19 bits per heavy atom. The first-order valence-corrected chi connectivity index (χ1v) is 7.12. The van der Waals surface area contributed by atoms with Gasteiger partial charge in [-0.1, -0.05) is 0 Å². The maximum atomic E-state index is 11.7. The Morgan fingerprint density at radius 1 is 1.43 bits per heavy atom. The van der Waals surface area contributed by atoms with Crippen LogP contribution >= 0.6 is 15.9 Å². The first-order chi connectivity index (χ1) is 9.95. The molecule has 3 amide bonds. The number of amides is 3. The number of hydrogen-bond acceptors (Lipinski definition) is 3. The fourth-order valence-electron chi connectivity index (χ4n) is 1.96. The summed E-state index contributed by atoms with van der Waals surface area (Å²) < 4.78 is 0.478. The van der Waals surface area contributed by atoms with Gasteiger partial charge in [0.25, 0.3) is 0 Å². The fourth-order valence-corrected chi connectivity index (χ4v) is 2.44. The van der Waals surface area contributed by atoms with Crippen LogP contribution in [0.1, 0.15) is 23.2 Å². The molecule has 1 heterocycles. The van der Waals surface area contributed by atoms with E-state index in [4.69, 9.17) is 5.11 Å². The van der Waals surface area contributed by atoms with Gasteiger partial charge in [0.1, 0.15) is 0 Å². The van der Waals surface area contributed by atoms with Gasteiger partial charge in [0.15, 0.2) is 0 Å². The average Bonchev–Trinajstić information content (AvgIpc) is 2.84. The Labute approximate surface area is 129 Å². The number of aromatic carboxylic acids is 1. The number of anilines is 1. The summed E-state index contributed by atoms with van der Waals surface area (Å²) in [6.07, 6.45) is 1.19. The normalized spacial score (nSPS) is 17.2. The lowest BCUT2D eigenvalue weighted by molar-refractivity contribution is -0.119. The van der Waals surface area contributed by atoms with Crippen molar-refractivity contribution in [3.05, 3.63) is 28.2 Å². The van der Waals surface area contributed by atoms with Gasteiger partial charge < -0.3 is 21.1 Å². The van der Waals surface area contributed by atoms with Crippen LogP contribution in [0.25, 0.3) is 0 Å². The molecule has 1 aromatic rings. The van der Waals surface area contributed by atoms with Crippen molar-refractivity contribution in [2.24, 2.45) is 0 Å². The van der Waals surface area contributed by atoms with E-state index < -0.39 is 12.0 Å². The Morgan fingerprint density at radius 3 is 2.76 bits per heavy atom. The minimum Gasteiger partial charge on any atom is -0.478 e. The molecule has 1 aliphatic heterocycles. The number of urea groups is 1. The molecular formula is C13H14BrN3O4. The second-order valence-electron chi connectivity index (χ2n) is 4.64. The highest BCUT2D eigenvalue weighted by atomic mass is 79.9. The summed E-state index contributed by atoms with van der Waals surface area (Å²) in [6, 6.07) is 3.86. The predicted molar refractivity (Wildman–Crippen MR) is 79.3 cm³/mol. The van der Waals surface area contributed by atoms with Crippen LogP contribution in [0.3, 0.4) is 0 Å². The van der Waals surface area contributed by atoms with Gasteiger partial charge in [0.2, 0.25) is 5.91 Å². The summed E-state index contributed by atoms with van der Waals surface area (Å²) in [4.78, 5) is 33.6. The lowest BCUT2D eigenvalue weighted by Gasteiger charge is -2.13. The molecule has 4 N–H and O–H groups in total. The van der Waals surface area contributed by atoms with Crippen LogP contribution in [-0.4, -0.2) is 35.6 Å². The van der Waals surface area contributed by atoms with Gasteiger partial charge in [-0.25, -0.2) is 9.59 Å². The van der Waals surface area contributed by atoms with E-state index in [1.807, 2.05) is 0 Å². The smallest absolute Gasteiger partial charge is 0.335 e. The molecule has 1 unspecified atom stereocenters. The molecule has 1 aromatic carbocycles.